The fourth-order valence-electron chi connectivity index (χ4n) is 2.45. The van der Waals surface area contributed by atoms with E-state index in [1.807, 2.05) is 0 Å². The number of hydrogen-bond acceptors (Lipinski definition) is 3. The van der Waals surface area contributed by atoms with Crippen molar-refractivity contribution in [2.45, 2.75) is 51.4 Å². The van der Waals surface area contributed by atoms with Gasteiger partial charge in [0.25, 0.3) is 0 Å². The lowest BCUT2D eigenvalue weighted by Crippen LogP contribution is -2.46. The molecule has 5 heteroatoms. The van der Waals surface area contributed by atoms with Gasteiger partial charge in [0.05, 0.1) is 11.2 Å². The van der Waals surface area contributed by atoms with Crippen LogP contribution in [0.15, 0.2) is 0 Å². The molecule has 1 fully saturated rings. The zero-order valence-electron chi connectivity index (χ0n) is 12.5. The Morgan fingerprint density at radius 2 is 1.89 bits per heavy atom. The Bertz CT molecular complexity index is 301. The molecule has 0 radical (unpaired) electrons. The summed E-state index contributed by atoms with van der Waals surface area (Å²) in [6.45, 7) is 9.83. The number of carbonyl (C=O) groups is 1. The minimum atomic E-state index is -0.158. The van der Waals surface area contributed by atoms with Crippen LogP contribution >= 0.6 is 0 Å². The molecule has 0 saturated carbocycles. The van der Waals surface area contributed by atoms with E-state index in [-0.39, 0.29) is 17.2 Å². The molecule has 0 aromatic carbocycles. The monoisotopic (exact) mass is 257 g/mol. The molecule has 1 saturated heterocycles. The van der Waals surface area contributed by atoms with Gasteiger partial charge in [0.1, 0.15) is 0 Å². The van der Waals surface area contributed by atoms with E-state index in [4.69, 9.17) is 4.74 Å². The second-order valence-electron chi connectivity index (χ2n) is 6.30. The van der Waals surface area contributed by atoms with Crippen molar-refractivity contribution in [3.8, 4) is 0 Å². The first-order valence-electron chi connectivity index (χ1n) is 6.53. The van der Waals surface area contributed by atoms with Crippen LogP contribution in [-0.4, -0.2) is 55.4 Å². The molecule has 1 rings (SSSR count). The molecule has 5 nitrogen and oxygen atoms in total. The van der Waals surface area contributed by atoms with Crippen molar-refractivity contribution in [3.05, 3.63) is 0 Å². The van der Waals surface area contributed by atoms with Crippen LogP contribution in [0.3, 0.4) is 0 Å². The first-order valence-corrected chi connectivity index (χ1v) is 6.53. The van der Waals surface area contributed by atoms with Crippen molar-refractivity contribution >= 4 is 6.03 Å². The summed E-state index contributed by atoms with van der Waals surface area (Å²) < 4.78 is 6.01. The summed E-state index contributed by atoms with van der Waals surface area (Å²) >= 11 is 0. The van der Waals surface area contributed by atoms with Crippen molar-refractivity contribution < 1.29 is 9.53 Å². The van der Waals surface area contributed by atoms with Gasteiger partial charge < -0.3 is 20.3 Å². The molecule has 0 aliphatic carbocycles. The zero-order valence-corrected chi connectivity index (χ0v) is 12.5. The van der Waals surface area contributed by atoms with Crippen LogP contribution in [0.25, 0.3) is 0 Å². The predicted molar refractivity (Wildman–Crippen MR) is 72.7 cm³/mol. The van der Waals surface area contributed by atoms with E-state index in [1.165, 1.54) is 4.90 Å². The Hall–Kier alpha value is -0.810. The largest absolute Gasteiger partial charge is 0.368 e. The number of nitrogens with one attached hydrogen (secondary N) is 2. The van der Waals surface area contributed by atoms with E-state index >= 15 is 0 Å². The van der Waals surface area contributed by atoms with Crippen LogP contribution in [0.2, 0.25) is 0 Å². The molecule has 0 bridgehead atoms. The van der Waals surface area contributed by atoms with E-state index in [2.05, 4.69) is 38.3 Å². The van der Waals surface area contributed by atoms with Gasteiger partial charge in [-0.05, 0) is 34.1 Å². The van der Waals surface area contributed by atoms with Gasteiger partial charge in [-0.3, -0.25) is 0 Å². The lowest BCUT2D eigenvalue weighted by molar-refractivity contribution is -0.0697. The first kappa shape index (κ1) is 15.2. The molecule has 1 unspecified atom stereocenters. The van der Waals surface area contributed by atoms with Crippen molar-refractivity contribution in [1.82, 2.24) is 15.5 Å². The summed E-state index contributed by atoms with van der Waals surface area (Å²) in [6.07, 6.45) is 0.988. The van der Waals surface area contributed by atoms with Crippen LogP contribution in [0, 0.1) is 0 Å². The fraction of sp³-hybridized carbons (Fsp3) is 0.923. The highest BCUT2D eigenvalue weighted by atomic mass is 16.5. The quantitative estimate of drug-likeness (QED) is 0.744. The Balaban J connectivity index is 2.30. The summed E-state index contributed by atoms with van der Waals surface area (Å²) in [5, 5.41) is 6.30. The van der Waals surface area contributed by atoms with E-state index in [0.29, 0.717) is 12.6 Å². The third-order valence-electron chi connectivity index (χ3n) is 3.27. The van der Waals surface area contributed by atoms with Gasteiger partial charge in [0.2, 0.25) is 0 Å². The van der Waals surface area contributed by atoms with Gasteiger partial charge in [-0.15, -0.1) is 0 Å². The second kappa shape index (κ2) is 5.45. The van der Waals surface area contributed by atoms with Gasteiger partial charge in [-0.2, -0.15) is 0 Å². The van der Waals surface area contributed by atoms with E-state index in [9.17, 15) is 4.79 Å². The van der Waals surface area contributed by atoms with Crippen LogP contribution in [0.5, 0.6) is 0 Å². The maximum Gasteiger partial charge on any atom is 0.316 e. The van der Waals surface area contributed by atoms with Crippen LogP contribution in [-0.2, 0) is 4.74 Å². The van der Waals surface area contributed by atoms with Gasteiger partial charge >= 0.3 is 6.03 Å². The Kier molecular flexibility index (Phi) is 4.61. The topological polar surface area (TPSA) is 53.6 Å². The van der Waals surface area contributed by atoms with E-state index in [1.54, 1.807) is 14.1 Å². The Morgan fingerprint density at radius 3 is 2.33 bits per heavy atom. The average molecular weight is 257 g/mol. The smallest absolute Gasteiger partial charge is 0.316 e. The SMILES string of the molecule is CN(C)C(=O)NCCNC1CC(C)(C)OC1(C)C. The number of ether oxygens (including phenoxy) is 1. The number of carbonyl (C=O) groups excluding carboxylic acids is 1. The highest BCUT2D eigenvalue weighted by Gasteiger charge is 2.45. The summed E-state index contributed by atoms with van der Waals surface area (Å²) in [4.78, 5) is 12.9. The van der Waals surface area contributed by atoms with Gasteiger partial charge in [-0.1, -0.05) is 0 Å². The number of hydrogen-bond donors (Lipinski definition) is 2. The lowest BCUT2D eigenvalue weighted by atomic mass is 9.94. The number of urea groups is 1. The molecule has 18 heavy (non-hydrogen) atoms. The summed E-state index contributed by atoms with van der Waals surface area (Å²) in [5.41, 5.74) is -0.233. The van der Waals surface area contributed by atoms with Crippen LogP contribution in [0.4, 0.5) is 4.79 Å². The first-order chi connectivity index (χ1) is 8.14. The van der Waals surface area contributed by atoms with Crippen LogP contribution < -0.4 is 10.6 Å². The van der Waals surface area contributed by atoms with Crippen molar-refractivity contribution in [2.24, 2.45) is 0 Å². The normalized spacial score (nSPS) is 24.9. The molecule has 1 atom stereocenters. The highest BCUT2D eigenvalue weighted by molar-refractivity contribution is 5.73. The average Bonchev–Trinajstić information content (AvgIpc) is 2.40. The van der Waals surface area contributed by atoms with Gasteiger partial charge in [0.15, 0.2) is 0 Å². The fourth-order valence-corrected chi connectivity index (χ4v) is 2.45. The number of nitrogens with zero attached hydrogens (tertiary/aromatic N) is 1. The van der Waals surface area contributed by atoms with E-state index < -0.39 is 0 Å². The van der Waals surface area contributed by atoms with Crippen molar-refractivity contribution in [3.63, 3.8) is 0 Å². The van der Waals surface area contributed by atoms with E-state index in [0.717, 1.165) is 13.0 Å². The molecule has 106 valence electrons. The highest BCUT2D eigenvalue weighted by Crippen LogP contribution is 2.36. The number of amides is 2. The second-order valence-corrected chi connectivity index (χ2v) is 6.30. The molecular weight excluding hydrogens is 230 g/mol. The molecule has 1 aliphatic heterocycles. The van der Waals surface area contributed by atoms with Crippen molar-refractivity contribution in [2.75, 3.05) is 27.2 Å². The Morgan fingerprint density at radius 1 is 1.28 bits per heavy atom. The summed E-state index contributed by atoms with van der Waals surface area (Å²) in [5.74, 6) is 0. The number of rotatable bonds is 4. The summed E-state index contributed by atoms with van der Waals surface area (Å²) in [6, 6.07) is 0.267. The maximum absolute atomic E-state index is 11.3. The minimum absolute atomic E-state index is 0.0564. The van der Waals surface area contributed by atoms with Gasteiger partial charge in [0, 0.05) is 33.2 Å². The molecule has 0 aromatic heterocycles. The molecule has 2 amide bonds. The molecule has 1 heterocycles. The standard InChI is InChI=1S/C13H27N3O2/c1-12(2)9-10(13(3,4)18-12)14-7-8-15-11(17)16(5)6/h10,14H,7-9H2,1-6H3,(H,15,17). The third kappa shape index (κ3) is 4.14. The molecule has 0 spiro atoms. The molecule has 1 aliphatic rings. The maximum atomic E-state index is 11.3. The lowest BCUT2D eigenvalue weighted by Gasteiger charge is -2.28. The minimum Gasteiger partial charge on any atom is -0.368 e. The Labute approximate surface area is 110 Å². The van der Waals surface area contributed by atoms with Crippen molar-refractivity contribution in [1.29, 1.82) is 0 Å². The predicted octanol–water partition coefficient (Wildman–Crippen LogP) is 1.19. The molecular formula is C13H27N3O2. The van der Waals surface area contributed by atoms with Gasteiger partial charge in [-0.25, -0.2) is 4.79 Å². The zero-order chi connectivity index (χ0) is 14.0. The molecule has 2 N–H and O–H groups in total. The third-order valence-corrected chi connectivity index (χ3v) is 3.27. The summed E-state index contributed by atoms with van der Waals surface area (Å²) in [7, 11) is 3.47. The van der Waals surface area contributed by atoms with Crippen LogP contribution in [0.1, 0.15) is 34.1 Å². The molecule has 0 aromatic rings.